The molecule has 4 heterocycles. The number of rotatable bonds is 6. The van der Waals surface area contributed by atoms with E-state index in [9.17, 15) is 19.6 Å². The second-order valence-corrected chi connectivity index (χ2v) is 7.87. The van der Waals surface area contributed by atoms with Crippen molar-refractivity contribution in [3.05, 3.63) is 46.4 Å². The number of aldehydes is 1. The minimum atomic E-state index is -0.469. The zero-order valence-corrected chi connectivity index (χ0v) is 19.0. The van der Waals surface area contributed by atoms with E-state index in [2.05, 4.69) is 20.8 Å². The number of carbonyl (C=O) groups excluding carboxylic acids is 3. The van der Waals surface area contributed by atoms with Crippen LogP contribution in [0.4, 0.5) is 22.1 Å². The molecule has 2 N–H and O–H groups in total. The molecule has 2 aromatic rings. The summed E-state index contributed by atoms with van der Waals surface area (Å²) in [5.74, 6) is 2.52. The molecule has 0 bridgehead atoms. The van der Waals surface area contributed by atoms with Crippen LogP contribution in [0.2, 0.25) is 0 Å². The number of nitrogens with one attached hydrogen (secondary N) is 2. The third-order valence-corrected chi connectivity index (χ3v) is 5.71. The molecule has 2 aromatic heterocycles. The highest BCUT2D eigenvalue weighted by Gasteiger charge is 2.27. The number of anilines is 3. The summed E-state index contributed by atoms with van der Waals surface area (Å²) in [6, 6.07) is 4.87. The largest absolute Gasteiger partial charge is 0.373 e. The van der Waals surface area contributed by atoms with Gasteiger partial charge in [0, 0.05) is 37.5 Å². The molecule has 35 heavy (non-hydrogen) atoms. The molecule has 0 spiro atoms. The quantitative estimate of drug-likeness (QED) is 0.357. The van der Waals surface area contributed by atoms with Crippen molar-refractivity contribution in [1.29, 1.82) is 5.26 Å². The Balaban J connectivity index is 1.58. The highest BCUT2D eigenvalue weighted by molar-refractivity contribution is 6.01. The maximum atomic E-state index is 13.1. The third-order valence-electron chi connectivity index (χ3n) is 5.71. The summed E-state index contributed by atoms with van der Waals surface area (Å²) in [7, 11) is 1.41. The van der Waals surface area contributed by atoms with Crippen LogP contribution in [0, 0.1) is 11.3 Å². The van der Waals surface area contributed by atoms with Crippen LogP contribution in [0.3, 0.4) is 0 Å². The van der Waals surface area contributed by atoms with E-state index < -0.39 is 6.03 Å². The van der Waals surface area contributed by atoms with E-state index in [1.807, 2.05) is 23.0 Å². The molecule has 2 aliphatic rings. The summed E-state index contributed by atoms with van der Waals surface area (Å²) in [6.07, 6.45) is 3.37. The van der Waals surface area contributed by atoms with Gasteiger partial charge in [0.1, 0.15) is 35.0 Å². The molecule has 1 saturated heterocycles. The second-order valence-electron chi connectivity index (χ2n) is 7.87. The Labute approximate surface area is 201 Å². The Morgan fingerprint density at radius 3 is 2.97 bits per heavy atom. The summed E-state index contributed by atoms with van der Waals surface area (Å²) >= 11 is 0. The molecule has 12 heteroatoms. The number of morpholine rings is 1. The highest BCUT2D eigenvalue weighted by Crippen LogP contribution is 2.29. The summed E-state index contributed by atoms with van der Waals surface area (Å²) in [6.45, 7) is 1.88. The molecule has 2 aliphatic heterocycles. The van der Waals surface area contributed by atoms with Crippen molar-refractivity contribution < 1.29 is 24.0 Å². The van der Waals surface area contributed by atoms with Crippen LogP contribution >= 0.6 is 0 Å². The smallest absolute Gasteiger partial charge is 0.328 e. The average molecular weight is 477 g/mol. The van der Waals surface area contributed by atoms with Gasteiger partial charge < -0.3 is 9.64 Å². The Hall–Kier alpha value is -4.30. The van der Waals surface area contributed by atoms with Crippen molar-refractivity contribution >= 4 is 35.6 Å². The van der Waals surface area contributed by atoms with Crippen molar-refractivity contribution in [2.45, 2.75) is 19.4 Å². The van der Waals surface area contributed by atoms with Crippen LogP contribution < -0.4 is 15.7 Å². The summed E-state index contributed by atoms with van der Waals surface area (Å²) in [5.41, 5.74) is 5.28. The predicted octanol–water partition coefficient (Wildman–Crippen LogP) is 1.67. The fourth-order valence-electron chi connectivity index (χ4n) is 4.01. The molecular weight excluding hydrogens is 454 g/mol. The van der Waals surface area contributed by atoms with E-state index in [0.29, 0.717) is 68.1 Å². The number of hydrogen-bond acceptors (Lipinski definition) is 10. The lowest BCUT2D eigenvalue weighted by atomic mass is 10.0. The van der Waals surface area contributed by atoms with Crippen LogP contribution in [0.15, 0.2) is 24.0 Å². The highest BCUT2D eigenvalue weighted by atomic mass is 16.6. The molecule has 0 aliphatic carbocycles. The first kappa shape index (κ1) is 23.8. The van der Waals surface area contributed by atoms with Crippen molar-refractivity contribution in [3.63, 3.8) is 0 Å². The van der Waals surface area contributed by atoms with Crippen LogP contribution in [-0.4, -0.2) is 66.5 Å². The first-order valence-corrected chi connectivity index (χ1v) is 10.9. The van der Waals surface area contributed by atoms with E-state index in [1.165, 1.54) is 24.3 Å². The molecule has 0 aromatic carbocycles. The van der Waals surface area contributed by atoms with Crippen molar-refractivity contribution in [1.82, 2.24) is 14.9 Å². The number of urea groups is 1. The number of aromatic nitrogens is 2. The van der Waals surface area contributed by atoms with Gasteiger partial charge in [0.2, 0.25) is 0 Å². The van der Waals surface area contributed by atoms with Crippen molar-refractivity contribution in [2.75, 3.05) is 49.1 Å². The van der Waals surface area contributed by atoms with Gasteiger partial charge in [-0.3, -0.25) is 25.3 Å². The molecule has 1 fully saturated rings. The zero-order chi connectivity index (χ0) is 24.8. The van der Waals surface area contributed by atoms with Gasteiger partial charge in [-0.05, 0) is 24.5 Å². The lowest BCUT2D eigenvalue weighted by Gasteiger charge is -2.31. The fourth-order valence-corrected chi connectivity index (χ4v) is 4.01. The van der Waals surface area contributed by atoms with E-state index in [1.54, 1.807) is 0 Å². The molecular formula is C23H23N7O5. The molecule has 0 atom stereocenters. The van der Waals surface area contributed by atoms with Gasteiger partial charge in [-0.1, -0.05) is 0 Å². The third kappa shape index (κ3) is 5.12. The maximum Gasteiger partial charge on any atom is 0.328 e. The van der Waals surface area contributed by atoms with Crippen LogP contribution in [0.5, 0.6) is 0 Å². The Morgan fingerprint density at radius 2 is 2.23 bits per heavy atom. The molecule has 4 rings (SSSR count). The summed E-state index contributed by atoms with van der Waals surface area (Å²) in [5, 5.41) is 11.9. The Kier molecular flexibility index (Phi) is 7.32. The van der Waals surface area contributed by atoms with Gasteiger partial charge in [0.05, 0.1) is 31.6 Å². The second kappa shape index (κ2) is 10.8. The van der Waals surface area contributed by atoms with Gasteiger partial charge in [-0.15, -0.1) is 0 Å². The van der Waals surface area contributed by atoms with Gasteiger partial charge in [-0.25, -0.2) is 19.6 Å². The summed E-state index contributed by atoms with van der Waals surface area (Å²) < 4.78 is 5.30. The fraction of sp³-hybridized carbons (Fsp3) is 0.348. The van der Waals surface area contributed by atoms with Crippen molar-refractivity contribution in [3.8, 4) is 6.07 Å². The first-order chi connectivity index (χ1) is 17.1. The van der Waals surface area contributed by atoms with Crippen LogP contribution in [0.1, 0.15) is 33.6 Å². The first-order valence-electron chi connectivity index (χ1n) is 10.9. The number of nitriles is 1. The van der Waals surface area contributed by atoms with Crippen LogP contribution in [-0.2, 0) is 27.3 Å². The standard InChI is InChI=1S/C23H23N7O5/c1-34-28-19-8-21(25-10-17(19)9-24)27-23(33)30-4-2-3-15-7-16(20(13-32)26-22(15)30)11-29-5-6-35-14-18(29)12-31/h7-8,10,13H,2-6,11,14H2,1H3,(H2,25,27,28,33). The topological polar surface area (TPSA) is 150 Å². The number of nitrogens with zero attached hydrogens (tertiary/aromatic N) is 5. The van der Waals surface area contributed by atoms with E-state index >= 15 is 0 Å². The van der Waals surface area contributed by atoms with Gasteiger partial charge in [-0.2, -0.15) is 5.26 Å². The van der Waals surface area contributed by atoms with E-state index in [0.717, 1.165) is 5.56 Å². The lowest BCUT2D eigenvalue weighted by Crippen LogP contribution is -2.40. The molecule has 0 saturated carbocycles. The van der Waals surface area contributed by atoms with Gasteiger partial charge in [0.15, 0.2) is 6.29 Å². The minimum absolute atomic E-state index is 0.178. The number of hydrogen-bond donors (Lipinski definition) is 2. The average Bonchev–Trinajstić information content (AvgIpc) is 2.88. The number of pyridine rings is 2. The van der Waals surface area contributed by atoms with Gasteiger partial charge in [0.25, 0.3) is 0 Å². The SMILES string of the molecule is CONc1cc(NC(=O)N2CCCc3cc(CN4CCOCC4=C=O)c(C=O)nc32)ncc1C#N. The number of carbonyl (C=O) groups is 2. The predicted molar refractivity (Wildman–Crippen MR) is 124 cm³/mol. The lowest BCUT2D eigenvalue weighted by molar-refractivity contribution is 0.0718. The molecule has 12 nitrogen and oxygen atoms in total. The Morgan fingerprint density at radius 1 is 1.37 bits per heavy atom. The molecule has 0 unspecified atom stereocenters. The molecule has 2 amide bonds. The maximum absolute atomic E-state index is 13.1. The monoisotopic (exact) mass is 477 g/mol. The van der Waals surface area contributed by atoms with Crippen molar-refractivity contribution in [2.24, 2.45) is 0 Å². The Bertz CT molecular complexity index is 1240. The number of ether oxygens (including phenoxy) is 1. The van der Waals surface area contributed by atoms with Crippen LogP contribution in [0.25, 0.3) is 0 Å². The normalized spacial score (nSPS) is 15.0. The number of fused-ring (bicyclic) bond motifs is 1. The number of aryl methyl sites for hydroxylation is 1. The van der Waals surface area contributed by atoms with E-state index in [4.69, 9.17) is 9.57 Å². The minimum Gasteiger partial charge on any atom is -0.373 e. The molecule has 0 radical (unpaired) electrons. The zero-order valence-electron chi connectivity index (χ0n) is 19.0. The number of amides is 2. The summed E-state index contributed by atoms with van der Waals surface area (Å²) in [4.78, 5) is 53.0. The molecule has 180 valence electrons. The van der Waals surface area contributed by atoms with E-state index in [-0.39, 0.29) is 23.7 Å². The van der Waals surface area contributed by atoms with Gasteiger partial charge >= 0.3 is 6.03 Å².